The van der Waals surface area contributed by atoms with Gasteiger partial charge in [-0.05, 0) is 63.5 Å². The molecule has 1 saturated heterocycles. The van der Waals surface area contributed by atoms with E-state index in [-0.39, 0.29) is 26.5 Å². The monoisotopic (exact) mass is 450 g/mol. The van der Waals surface area contributed by atoms with Crippen molar-refractivity contribution < 1.29 is 29.7 Å². The highest BCUT2D eigenvalue weighted by atomic mass is 79.9. The molecule has 28 heavy (non-hydrogen) atoms. The molecule has 6 nitrogen and oxygen atoms in total. The molecule has 0 atom stereocenters. The first-order valence-electron chi connectivity index (χ1n) is 9.05. The van der Waals surface area contributed by atoms with Crippen molar-refractivity contribution in [1.29, 1.82) is 0 Å². The van der Waals surface area contributed by atoms with Crippen LogP contribution >= 0.6 is 15.9 Å². The van der Waals surface area contributed by atoms with Crippen LogP contribution in [0.15, 0.2) is 40.9 Å². The molecule has 0 aromatic heterocycles. The van der Waals surface area contributed by atoms with E-state index in [0.717, 1.165) is 32.9 Å². The lowest BCUT2D eigenvalue weighted by Gasteiger charge is -2.32. The van der Waals surface area contributed by atoms with Crippen LogP contribution in [0.25, 0.3) is 0 Å². The Balaban J connectivity index is 0.000000186. The van der Waals surface area contributed by atoms with Crippen molar-refractivity contribution in [3.05, 3.63) is 40.9 Å². The first-order chi connectivity index (χ1) is 13.2. The molecular formula is C20H24BBrO6. The number of benzene rings is 2. The highest BCUT2D eigenvalue weighted by Gasteiger charge is 2.51. The van der Waals surface area contributed by atoms with E-state index in [4.69, 9.17) is 28.3 Å². The average Bonchev–Trinajstić information content (AvgIpc) is 3.32. The van der Waals surface area contributed by atoms with Gasteiger partial charge < -0.3 is 28.3 Å². The molecule has 0 unspecified atom stereocenters. The van der Waals surface area contributed by atoms with E-state index in [9.17, 15) is 0 Å². The van der Waals surface area contributed by atoms with Crippen molar-refractivity contribution in [2.24, 2.45) is 0 Å². The quantitative estimate of drug-likeness (QED) is 0.608. The molecule has 0 saturated carbocycles. The Bertz CT molecular complexity index is 875. The van der Waals surface area contributed by atoms with Crippen molar-refractivity contribution in [2.45, 2.75) is 38.9 Å². The van der Waals surface area contributed by atoms with E-state index in [1.54, 1.807) is 0 Å². The summed E-state index contributed by atoms with van der Waals surface area (Å²) in [4.78, 5) is 0. The molecular weight excluding hydrogens is 427 g/mol. The molecule has 8 heteroatoms. The Labute approximate surface area is 174 Å². The molecule has 3 aliphatic rings. The summed E-state index contributed by atoms with van der Waals surface area (Å²) in [5, 5.41) is 0. The van der Waals surface area contributed by atoms with Gasteiger partial charge >= 0.3 is 7.12 Å². The van der Waals surface area contributed by atoms with Gasteiger partial charge in [-0.2, -0.15) is 0 Å². The van der Waals surface area contributed by atoms with Gasteiger partial charge in [0.25, 0.3) is 0 Å². The summed E-state index contributed by atoms with van der Waals surface area (Å²) in [5.74, 6) is 3.16. The van der Waals surface area contributed by atoms with Gasteiger partial charge in [0.2, 0.25) is 13.6 Å². The Kier molecular flexibility index (Phi) is 4.97. The van der Waals surface area contributed by atoms with Gasteiger partial charge in [-0.3, -0.25) is 0 Å². The minimum absolute atomic E-state index is 0. The molecule has 5 rings (SSSR count). The van der Waals surface area contributed by atoms with Crippen LogP contribution in [0.2, 0.25) is 0 Å². The minimum Gasteiger partial charge on any atom is -0.454 e. The number of rotatable bonds is 1. The SMILES string of the molecule is Brc1ccc2c(c1)OCO2.CC1(C)OB(c2ccc3c(c2)OCO3)OC1(C)C.[HH]. The average molecular weight is 451 g/mol. The number of fused-ring (bicyclic) bond motifs is 2. The molecule has 3 aliphatic heterocycles. The number of hydrogen-bond acceptors (Lipinski definition) is 6. The normalized spacial score (nSPS) is 20.0. The van der Waals surface area contributed by atoms with Crippen molar-refractivity contribution >= 4 is 28.5 Å². The van der Waals surface area contributed by atoms with E-state index >= 15 is 0 Å². The maximum atomic E-state index is 5.99. The Morgan fingerprint density at radius 2 is 1.25 bits per heavy atom. The van der Waals surface area contributed by atoms with Gasteiger partial charge in [-0.15, -0.1) is 0 Å². The van der Waals surface area contributed by atoms with Crippen LogP contribution < -0.4 is 24.4 Å². The predicted molar refractivity (Wildman–Crippen MR) is 111 cm³/mol. The molecule has 2 aromatic carbocycles. The first kappa shape index (κ1) is 19.4. The van der Waals surface area contributed by atoms with Gasteiger partial charge in [0, 0.05) is 5.90 Å². The summed E-state index contributed by atoms with van der Waals surface area (Å²) >= 11 is 3.33. The third-order valence-electron chi connectivity index (χ3n) is 5.26. The van der Waals surface area contributed by atoms with Crippen LogP contribution in [-0.4, -0.2) is 31.9 Å². The van der Waals surface area contributed by atoms with Crippen LogP contribution in [0.3, 0.4) is 0 Å². The predicted octanol–water partition coefficient (Wildman–Crippen LogP) is 4.14. The van der Waals surface area contributed by atoms with Crippen molar-refractivity contribution in [2.75, 3.05) is 13.6 Å². The van der Waals surface area contributed by atoms with Crippen molar-refractivity contribution in [3.8, 4) is 23.0 Å². The number of hydrogen-bond donors (Lipinski definition) is 0. The van der Waals surface area contributed by atoms with Crippen LogP contribution in [-0.2, 0) is 9.31 Å². The molecule has 0 bridgehead atoms. The number of ether oxygens (including phenoxy) is 4. The molecule has 0 N–H and O–H groups in total. The molecule has 0 radical (unpaired) electrons. The molecule has 0 aliphatic carbocycles. The van der Waals surface area contributed by atoms with Gasteiger partial charge in [0.15, 0.2) is 23.0 Å². The topological polar surface area (TPSA) is 55.4 Å². The van der Waals surface area contributed by atoms with Gasteiger partial charge in [-0.1, -0.05) is 22.0 Å². The van der Waals surface area contributed by atoms with Crippen LogP contribution in [0.5, 0.6) is 23.0 Å². The number of halogens is 1. The lowest BCUT2D eigenvalue weighted by Crippen LogP contribution is -2.41. The second kappa shape index (κ2) is 7.17. The van der Waals surface area contributed by atoms with Crippen molar-refractivity contribution in [1.82, 2.24) is 0 Å². The Morgan fingerprint density at radius 1 is 0.750 bits per heavy atom. The first-order valence-corrected chi connectivity index (χ1v) is 9.85. The summed E-state index contributed by atoms with van der Waals surface area (Å²) in [7, 11) is -0.357. The summed E-state index contributed by atoms with van der Waals surface area (Å²) < 4.78 is 33.9. The van der Waals surface area contributed by atoms with Crippen LogP contribution in [0.4, 0.5) is 0 Å². The maximum absolute atomic E-state index is 5.99. The Hall–Kier alpha value is -1.90. The van der Waals surface area contributed by atoms with E-state index in [2.05, 4.69) is 15.9 Å². The van der Waals surface area contributed by atoms with E-state index in [0.29, 0.717) is 6.79 Å². The van der Waals surface area contributed by atoms with E-state index < -0.39 is 0 Å². The molecule has 150 valence electrons. The fourth-order valence-electron chi connectivity index (χ4n) is 2.91. The largest absolute Gasteiger partial charge is 0.494 e. The molecule has 3 heterocycles. The highest BCUT2D eigenvalue weighted by molar-refractivity contribution is 9.10. The lowest BCUT2D eigenvalue weighted by atomic mass is 9.79. The van der Waals surface area contributed by atoms with Crippen LogP contribution in [0, 0.1) is 0 Å². The van der Waals surface area contributed by atoms with Gasteiger partial charge in [0.05, 0.1) is 11.2 Å². The summed E-state index contributed by atoms with van der Waals surface area (Å²) in [6.07, 6.45) is 0. The third-order valence-corrected chi connectivity index (χ3v) is 5.75. The summed E-state index contributed by atoms with van der Waals surface area (Å²) in [6, 6.07) is 11.5. The van der Waals surface area contributed by atoms with Gasteiger partial charge in [-0.25, -0.2) is 0 Å². The standard InChI is InChI=1S/C13H17BO4.C7H5BrO2.H2/c1-12(2)13(3,4)18-14(17-12)9-5-6-10-11(7-9)16-8-15-10;8-5-1-2-6-7(3-5)10-4-9-6;/h5-7H,8H2,1-4H3;1-3H,4H2;1H. The van der Waals surface area contributed by atoms with Crippen LogP contribution in [0.1, 0.15) is 29.1 Å². The molecule has 0 amide bonds. The lowest BCUT2D eigenvalue weighted by molar-refractivity contribution is 0.00578. The smallest absolute Gasteiger partial charge is 0.454 e. The van der Waals surface area contributed by atoms with Crippen molar-refractivity contribution in [3.63, 3.8) is 0 Å². The second-order valence-electron chi connectivity index (χ2n) is 7.70. The third kappa shape index (κ3) is 3.68. The van der Waals surface area contributed by atoms with E-state index in [1.165, 1.54) is 0 Å². The van der Waals surface area contributed by atoms with Gasteiger partial charge in [0.1, 0.15) is 0 Å². The minimum atomic E-state index is -0.357. The molecule has 1 fully saturated rings. The highest BCUT2D eigenvalue weighted by Crippen LogP contribution is 2.38. The van der Waals surface area contributed by atoms with E-state index in [1.807, 2.05) is 64.1 Å². The fraction of sp³-hybridized carbons (Fsp3) is 0.400. The fourth-order valence-corrected chi connectivity index (χ4v) is 3.25. The summed E-state index contributed by atoms with van der Waals surface area (Å²) in [6.45, 7) is 8.79. The maximum Gasteiger partial charge on any atom is 0.494 e. The molecule has 2 aromatic rings. The summed E-state index contributed by atoms with van der Waals surface area (Å²) in [5.41, 5.74) is 0.306. The Morgan fingerprint density at radius 3 is 1.86 bits per heavy atom. The molecule has 0 spiro atoms. The second-order valence-corrected chi connectivity index (χ2v) is 8.61. The zero-order valence-corrected chi connectivity index (χ0v) is 17.9. The zero-order valence-electron chi connectivity index (χ0n) is 16.3. The zero-order chi connectivity index (χ0) is 19.9.